The summed E-state index contributed by atoms with van der Waals surface area (Å²) in [6, 6.07) is 9.72. The van der Waals surface area contributed by atoms with Gasteiger partial charge in [-0.2, -0.15) is 0 Å². The molecule has 1 aromatic carbocycles. The minimum Gasteiger partial charge on any atom is -0.384 e. The Bertz CT molecular complexity index is 894. The number of aliphatic hydroxyl groups is 1. The lowest BCUT2D eigenvalue weighted by molar-refractivity contribution is -0.152. The van der Waals surface area contributed by atoms with Crippen LogP contribution in [0.2, 0.25) is 5.02 Å². The highest BCUT2D eigenvalue weighted by Crippen LogP contribution is 2.42. The maximum atomic E-state index is 13.4. The number of hydrogen-bond donors (Lipinski definition) is 2. The van der Waals surface area contributed by atoms with Crippen LogP contribution < -0.4 is 5.32 Å². The molecule has 3 heterocycles. The first-order valence-corrected chi connectivity index (χ1v) is 10.8. The zero-order valence-corrected chi connectivity index (χ0v) is 17.9. The molecule has 160 valence electrons. The van der Waals surface area contributed by atoms with Gasteiger partial charge >= 0.3 is 0 Å². The lowest BCUT2D eigenvalue weighted by Crippen LogP contribution is -2.57. The number of carbonyl (C=O) groups excluding carboxylic acids is 1. The highest BCUT2D eigenvalue weighted by molar-refractivity contribution is 6.30. The molecule has 1 amide bonds. The van der Waals surface area contributed by atoms with Crippen molar-refractivity contribution in [3.63, 3.8) is 0 Å². The number of carbonyl (C=O) groups is 1. The van der Waals surface area contributed by atoms with Crippen molar-refractivity contribution in [2.75, 3.05) is 26.2 Å². The van der Waals surface area contributed by atoms with Gasteiger partial charge in [0.05, 0.1) is 16.5 Å². The Labute approximate surface area is 181 Å². The fourth-order valence-corrected chi connectivity index (χ4v) is 5.17. The van der Waals surface area contributed by atoms with E-state index in [2.05, 4.69) is 10.3 Å². The summed E-state index contributed by atoms with van der Waals surface area (Å²) in [6.45, 7) is 6.11. The first kappa shape index (κ1) is 21.2. The normalized spacial score (nSPS) is 31.7. The van der Waals surface area contributed by atoms with E-state index in [1.54, 1.807) is 24.4 Å². The molecular weight excluding hydrogens is 405 g/mol. The monoisotopic (exact) mass is 431 g/mol. The standard InChI is InChI=1S/C23H27ClFN3O2/c1-14-12-28(13-15(2)23(14,30)16-3-6-18(25)7-4-16)22(29)20-11-26-10-19(20)21-8-5-17(24)9-27-21/h3-9,14-15,19-20,26,30H,10-13H2,1-2H3/t14-,15+,19-,20-,23?/m1/s1. The van der Waals surface area contributed by atoms with Gasteiger partial charge < -0.3 is 15.3 Å². The predicted molar refractivity (Wildman–Crippen MR) is 114 cm³/mol. The number of piperidine rings is 1. The molecule has 0 saturated carbocycles. The third-order valence-corrected chi connectivity index (χ3v) is 6.99. The third-order valence-electron chi connectivity index (χ3n) is 6.77. The number of amides is 1. The first-order chi connectivity index (χ1) is 14.3. The molecule has 7 heteroatoms. The van der Waals surface area contributed by atoms with Crippen molar-refractivity contribution in [3.8, 4) is 0 Å². The van der Waals surface area contributed by atoms with Crippen molar-refractivity contribution in [2.24, 2.45) is 17.8 Å². The molecule has 4 rings (SSSR count). The number of nitrogens with one attached hydrogen (secondary N) is 1. The van der Waals surface area contributed by atoms with Gasteiger partial charge in [0.25, 0.3) is 0 Å². The van der Waals surface area contributed by atoms with Crippen molar-refractivity contribution in [3.05, 3.63) is 64.7 Å². The molecule has 2 aliphatic rings. The van der Waals surface area contributed by atoms with Crippen LogP contribution in [0.15, 0.2) is 42.6 Å². The predicted octanol–water partition coefficient (Wildman–Crippen LogP) is 3.18. The number of rotatable bonds is 3. The Hall–Kier alpha value is -2.02. The maximum Gasteiger partial charge on any atom is 0.227 e. The summed E-state index contributed by atoms with van der Waals surface area (Å²) in [5.41, 5.74) is 0.459. The van der Waals surface area contributed by atoms with Gasteiger partial charge in [0.15, 0.2) is 0 Å². The number of hydrogen-bond acceptors (Lipinski definition) is 4. The average Bonchev–Trinajstić information content (AvgIpc) is 3.22. The summed E-state index contributed by atoms with van der Waals surface area (Å²) < 4.78 is 13.4. The van der Waals surface area contributed by atoms with Crippen LogP contribution in [0.5, 0.6) is 0 Å². The lowest BCUT2D eigenvalue weighted by Gasteiger charge is -2.48. The van der Waals surface area contributed by atoms with Gasteiger partial charge in [-0.25, -0.2) is 4.39 Å². The summed E-state index contributed by atoms with van der Waals surface area (Å²) in [5, 5.41) is 15.4. The Balaban J connectivity index is 1.52. The van der Waals surface area contributed by atoms with Crippen LogP contribution in [0.3, 0.4) is 0 Å². The second-order valence-corrected chi connectivity index (χ2v) is 9.09. The molecule has 2 N–H and O–H groups in total. The van der Waals surface area contributed by atoms with Gasteiger partial charge in [-0.1, -0.05) is 37.6 Å². The van der Waals surface area contributed by atoms with Crippen molar-refractivity contribution >= 4 is 17.5 Å². The van der Waals surface area contributed by atoms with Crippen molar-refractivity contribution in [2.45, 2.75) is 25.4 Å². The van der Waals surface area contributed by atoms with Crippen LogP contribution in [-0.2, 0) is 10.4 Å². The van der Waals surface area contributed by atoms with E-state index < -0.39 is 5.60 Å². The number of pyridine rings is 1. The van der Waals surface area contributed by atoms with Crippen molar-refractivity contribution < 1.29 is 14.3 Å². The summed E-state index contributed by atoms with van der Waals surface area (Å²) in [4.78, 5) is 19.7. The summed E-state index contributed by atoms with van der Waals surface area (Å²) >= 11 is 5.96. The molecule has 0 spiro atoms. The van der Waals surface area contributed by atoms with Gasteiger partial charge in [0.2, 0.25) is 5.91 Å². The zero-order valence-electron chi connectivity index (χ0n) is 17.2. The van der Waals surface area contributed by atoms with Crippen LogP contribution in [0, 0.1) is 23.6 Å². The molecular formula is C23H27ClFN3O2. The van der Waals surface area contributed by atoms with E-state index >= 15 is 0 Å². The summed E-state index contributed by atoms with van der Waals surface area (Å²) in [5.74, 6) is -0.810. The topological polar surface area (TPSA) is 65.5 Å². The Morgan fingerprint density at radius 3 is 2.43 bits per heavy atom. The van der Waals surface area contributed by atoms with Crippen LogP contribution in [-0.4, -0.2) is 47.1 Å². The van der Waals surface area contributed by atoms with E-state index in [0.29, 0.717) is 36.8 Å². The summed E-state index contributed by atoms with van der Waals surface area (Å²) in [6.07, 6.45) is 1.62. The first-order valence-electron chi connectivity index (χ1n) is 10.4. The van der Waals surface area contributed by atoms with Crippen LogP contribution >= 0.6 is 11.6 Å². The second-order valence-electron chi connectivity index (χ2n) is 8.65. The fraction of sp³-hybridized carbons (Fsp3) is 0.478. The van der Waals surface area contributed by atoms with Crippen LogP contribution in [0.1, 0.15) is 31.0 Å². The van der Waals surface area contributed by atoms with Gasteiger partial charge in [-0.05, 0) is 29.8 Å². The number of benzene rings is 1. The Morgan fingerprint density at radius 1 is 1.17 bits per heavy atom. The van der Waals surface area contributed by atoms with E-state index in [1.807, 2.05) is 24.8 Å². The smallest absolute Gasteiger partial charge is 0.227 e. The number of likely N-dealkylation sites (tertiary alicyclic amines) is 1. The second kappa shape index (κ2) is 8.25. The van der Waals surface area contributed by atoms with E-state index in [-0.39, 0.29) is 35.4 Å². The highest BCUT2D eigenvalue weighted by atomic mass is 35.5. The number of nitrogens with zero attached hydrogens (tertiary/aromatic N) is 2. The van der Waals surface area contributed by atoms with E-state index in [9.17, 15) is 14.3 Å². The minimum atomic E-state index is -1.10. The van der Waals surface area contributed by atoms with E-state index in [1.165, 1.54) is 12.1 Å². The largest absolute Gasteiger partial charge is 0.384 e. The van der Waals surface area contributed by atoms with E-state index in [0.717, 1.165) is 5.69 Å². The Kier molecular flexibility index (Phi) is 5.84. The number of aromatic nitrogens is 1. The molecule has 2 aromatic rings. The van der Waals surface area contributed by atoms with Crippen molar-refractivity contribution in [1.82, 2.24) is 15.2 Å². The van der Waals surface area contributed by atoms with Gasteiger partial charge in [0.1, 0.15) is 5.82 Å². The van der Waals surface area contributed by atoms with Gasteiger partial charge in [-0.15, -0.1) is 0 Å². The van der Waals surface area contributed by atoms with Crippen LogP contribution in [0.4, 0.5) is 4.39 Å². The highest BCUT2D eigenvalue weighted by Gasteiger charge is 2.48. The molecule has 1 aromatic heterocycles. The molecule has 2 fully saturated rings. The molecule has 5 nitrogen and oxygen atoms in total. The molecule has 0 bridgehead atoms. The molecule has 0 aliphatic carbocycles. The van der Waals surface area contributed by atoms with Crippen LogP contribution in [0.25, 0.3) is 0 Å². The average molecular weight is 432 g/mol. The maximum absolute atomic E-state index is 13.4. The Morgan fingerprint density at radius 2 is 1.83 bits per heavy atom. The quantitative estimate of drug-likeness (QED) is 0.783. The van der Waals surface area contributed by atoms with E-state index in [4.69, 9.17) is 11.6 Å². The minimum absolute atomic E-state index is 0.00159. The lowest BCUT2D eigenvalue weighted by atomic mass is 9.70. The summed E-state index contributed by atoms with van der Waals surface area (Å²) in [7, 11) is 0. The van der Waals surface area contributed by atoms with Gasteiger partial charge in [0, 0.05) is 55.8 Å². The number of halogens is 2. The molecule has 30 heavy (non-hydrogen) atoms. The molecule has 0 radical (unpaired) electrons. The molecule has 1 unspecified atom stereocenters. The third kappa shape index (κ3) is 3.72. The van der Waals surface area contributed by atoms with Gasteiger partial charge in [-0.3, -0.25) is 9.78 Å². The zero-order chi connectivity index (χ0) is 21.5. The fourth-order valence-electron chi connectivity index (χ4n) is 5.06. The molecule has 5 atom stereocenters. The molecule has 2 aliphatic heterocycles. The molecule has 2 saturated heterocycles. The SMILES string of the molecule is C[C@@H]1CN(C(=O)[C@@H]2CNC[C@H]2c2ccc(Cl)cn2)C[C@H](C)C1(O)c1ccc(F)cc1. The van der Waals surface area contributed by atoms with Crippen molar-refractivity contribution in [1.29, 1.82) is 0 Å².